The highest BCUT2D eigenvalue weighted by Crippen LogP contribution is 1.99. The summed E-state index contributed by atoms with van der Waals surface area (Å²) in [5, 5.41) is 13.4. The normalized spacial score (nSPS) is 11.4. The van der Waals surface area contributed by atoms with Gasteiger partial charge in [-0.3, -0.25) is 4.79 Å². The molecule has 0 aromatic rings. The molecule has 0 aliphatic rings. The van der Waals surface area contributed by atoms with Crippen molar-refractivity contribution in [2.45, 2.75) is 25.8 Å². The van der Waals surface area contributed by atoms with E-state index in [0.717, 1.165) is 0 Å². The first-order valence-electron chi connectivity index (χ1n) is 4.85. The maximum atomic E-state index is 11.1. The Labute approximate surface area is 93.2 Å². The minimum atomic E-state index is -1.19. The fourth-order valence-corrected chi connectivity index (χ4v) is 0.991. The Kier molecular flexibility index (Phi) is 6.66. The molecule has 7 nitrogen and oxygen atoms in total. The van der Waals surface area contributed by atoms with Gasteiger partial charge in [-0.15, -0.1) is 0 Å². The van der Waals surface area contributed by atoms with Crippen LogP contribution in [0.5, 0.6) is 0 Å². The molecule has 0 fully saturated rings. The quantitative estimate of drug-likeness (QED) is 0.546. The lowest BCUT2D eigenvalue weighted by atomic mass is 10.1. The third-order valence-corrected chi connectivity index (χ3v) is 1.81. The molecule has 0 saturated carbocycles. The number of methoxy groups -OCH3 is 1. The van der Waals surface area contributed by atoms with E-state index in [0.29, 0.717) is 6.54 Å². The second-order valence-electron chi connectivity index (χ2n) is 3.01. The number of carbonyl (C=O) groups is 3. The largest absolute Gasteiger partial charge is 0.480 e. The van der Waals surface area contributed by atoms with E-state index in [4.69, 9.17) is 5.11 Å². The lowest BCUT2D eigenvalue weighted by molar-refractivity contribution is -0.142. The molecule has 0 aliphatic heterocycles. The predicted molar refractivity (Wildman–Crippen MR) is 54.9 cm³/mol. The van der Waals surface area contributed by atoms with Gasteiger partial charge in [0.1, 0.15) is 6.04 Å². The molecule has 0 aromatic carbocycles. The first-order chi connectivity index (χ1) is 7.51. The lowest BCUT2D eigenvalue weighted by Gasteiger charge is -2.13. The molecular formula is C9H16N2O5. The first-order valence-corrected chi connectivity index (χ1v) is 4.85. The van der Waals surface area contributed by atoms with Crippen LogP contribution in [0.15, 0.2) is 0 Å². The minimum Gasteiger partial charge on any atom is -0.480 e. The second-order valence-corrected chi connectivity index (χ2v) is 3.01. The van der Waals surface area contributed by atoms with Gasteiger partial charge in [0.05, 0.1) is 7.11 Å². The van der Waals surface area contributed by atoms with E-state index in [-0.39, 0.29) is 12.8 Å². The molecule has 0 saturated heterocycles. The van der Waals surface area contributed by atoms with Crippen LogP contribution >= 0.6 is 0 Å². The van der Waals surface area contributed by atoms with E-state index in [1.165, 1.54) is 7.11 Å². The van der Waals surface area contributed by atoms with Gasteiger partial charge in [0.25, 0.3) is 0 Å². The summed E-state index contributed by atoms with van der Waals surface area (Å²) >= 11 is 0. The van der Waals surface area contributed by atoms with Crippen LogP contribution in [0.25, 0.3) is 0 Å². The van der Waals surface area contributed by atoms with Crippen molar-refractivity contribution in [3.8, 4) is 0 Å². The molecule has 0 heterocycles. The summed E-state index contributed by atoms with van der Waals surface area (Å²) in [6.07, 6.45) is -0.0565. The van der Waals surface area contributed by atoms with Gasteiger partial charge in [-0.1, -0.05) is 0 Å². The third-order valence-electron chi connectivity index (χ3n) is 1.81. The van der Waals surface area contributed by atoms with Crippen LogP contribution < -0.4 is 10.6 Å². The SMILES string of the molecule is CCNC(=O)N[C@H](CCC(=O)OC)C(=O)O. The van der Waals surface area contributed by atoms with Gasteiger partial charge < -0.3 is 20.5 Å². The van der Waals surface area contributed by atoms with Gasteiger partial charge in [-0.25, -0.2) is 9.59 Å². The van der Waals surface area contributed by atoms with E-state index in [9.17, 15) is 14.4 Å². The summed E-state index contributed by atoms with van der Waals surface area (Å²) in [5.74, 6) is -1.70. The molecule has 0 rings (SSSR count). The van der Waals surface area contributed by atoms with E-state index in [1.807, 2.05) is 0 Å². The molecule has 16 heavy (non-hydrogen) atoms. The van der Waals surface area contributed by atoms with E-state index < -0.39 is 24.0 Å². The molecule has 1 atom stereocenters. The molecule has 7 heteroatoms. The average Bonchev–Trinajstić information content (AvgIpc) is 2.23. The van der Waals surface area contributed by atoms with Crippen LogP contribution in [0.1, 0.15) is 19.8 Å². The van der Waals surface area contributed by atoms with E-state index >= 15 is 0 Å². The van der Waals surface area contributed by atoms with Crippen LogP contribution in [0, 0.1) is 0 Å². The Balaban J connectivity index is 4.12. The zero-order valence-electron chi connectivity index (χ0n) is 9.28. The highest BCUT2D eigenvalue weighted by molar-refractivity contribution is 5.83. The molecule has 3 N–H and O–H groups in total. The van der Waals surface area contributed by atoms with Crippen molar-refractivity contribution in [3.63, 3.8) is 0 Å². The Hall–Kier alpha value is -1.79. The van der Waals surface area contributed by atoms with Crippen molar-refractivity contribution in [1.29, 1.82) is 0 Å². The van der Waals surface area contributed by atoms with Gasteiger partial charge in [0.15, 0.2) is 0 Å². The summed E-state index contributed by atoms with van der Waals surface area (Å²) in [7, 11) is 1.22. The highest BCUT2D eigenvalue weighted by Gasteiger charge is 2.20. The fourth-order valence-electron chi connectivity index (χ4n) is 0.991. The standard InChI is InChI=1S/C9H16N2O5/c1-3-10-9(15)11-6(8(13)14)4-5-7(12)16-2/h6H,3-5H2,1-2H3,(H,13,14)(H2,10,11,15)/t6-/m1/s1. The van der Waals surface area contributed by atoms with Crippen LogP contribution in [-0.4, -0.2) is 42.8 Å². The van der Waals surface area contributed by atoms with Crippen LogP contribution in [-0.2, 0) is 14.3 Å². The number of hydrogen-bond donors (Lipinski definition) is 3. The molecule has 0 aromatic heterocycles. The number of carbonyl (C=O) groups excluding carboxylic acids is 2. The maximum Gasteiger partial charge on any atom is 0.326 e. The van der Waals surface area contributed by atoms with Crippen LogP contribution in [0.3, 0.4) is 0 Å². The molecule has 0 spiro atoms. The van der Waals surface area contributed by atoms with Crippen LogP contribution in [0.2, 0.25) is 0 Å². The number of ether oxygens (including phenoxy) is 1. The fraction of sp³-hybridized carbons (Fsp3) is 0.667. The summed E-state index contributed by atoms with van der Waals surface area (Å²) in [6, 6.07) is -1.66. The number of carboxylic acids is 1. The minimum absolute atomic E-state index is 0.000852. The lowest BCUT2D eigenvalue weighted by Crippen LogP contribution is -2.46. The van der Waals surface area contributed by atoms with E-state index in [2.05, 4.69) is 15.4 Å². The molecule has 0 radical (unpaired) electrons. The van der Waals surface area contributed by atoms with Crippen LogP contribution in [0.4, 0.5) is 4.79 Å². The number of carboxylic acid groups (broad SMARTS) is 1. The number of nitrogens with one attached hydrogen (secondary N) is 2. The number of aliphatic carboxylic acids is 1. The molecule has 2 amide bonds. The number of amides is 2. The Bertz CT molecular complexity index is 267. The Morgan fingerprint density at radius 1 is 1.38 bits per heavy atom. The molecular weight excluding hydrogens is 216 g/mol. The third kappa shape index (κ3) is 5.84. The molecule has 0 bridgehead atoms. The first kappa shape index (κ1) is 14.2. The summed E-state index contributed by atoms with van der Waals surface area (Å²) in [6.45, 7) is 2.11. The zero-order valence-corrected chi connectivity index (χ0v) is 9.28. The smallest absolute Gasteiger partial charge is 0.326 e. The van der Waals surface area contributed by atoms with Crippen molar-refractivity contribution in [2.75, 3.05) is 13.7 Å². The molecule has 92 valence electrons. The van der Waals surface area contributed by atoms with Crippen molar-refractivity contribution in [2.24, 2.45) is 0 Å². The van der Waals surface area contributed by atoms with Crippen molar-refractivity contribution < 1.29 is 24.2 Å². The number of urea groups is 1. The van der Waals surface area contributed by atoms with Crippen molar-refractivity contribution in [3.05, 3.63) is 0 Å². The maximum absolute atomic E-state index is 11.1. The molecule has 0 aliphatic carbocycles. The van der Waals surface area contributed by atoms with Crippen molar-refractivity contribution in [1.82, 2.24) is 10.6 Å². The van der Waals surface area contributed by atoms with Gasteiger partial charge in [0, 0.05) is 13.0 Å². The average molecular weight is 232 g/mol. The number of rotatable bonds is 6. The van der Waals surface area contributed by atoms with Crippen molar-refractivity contribution >= 4 is 18.0 Å². The second kappa shape index (κ2) is 7.49. The number of esters is 1. The van der Waals surface area contributed by atoms with Gasteiger partial charge in [-0.05, 0) is 13.3 Å². The number of hydrogen-bond acceptors (Lipinski definition) is 4. The summed E-state index contributed by atoms with van der Waals surface area (Å²) in [5.41, 5.74) is 0. The zero-order chi connectivity index (χ0) is 12.6. The summed E-state index contributed by atoms with van der Waals surface area (Å²) in [4.78, 5) is 32.6. The van der Waals surface area contributed by atoms with E-state index in [1.54, 1.807) is 6.92 Å². The van der Waals surface area contributed by atoms with Gasteiger partial charge in [0.2, 0.25) is 0 Å². The monoisotopic (exact) mass is 232 g/mol. The highest BCUT2D eigenvalue weighted by atomic mass is 16.5. The Morgan fingerprint density at radius 3 is 2.44 bits per heavy atom. The molecule has 0 unspecified atom stereocenters. The van der Waals surface area contributed by atoms with Gasteiger partial charge >= 0.3 is 18.0 Å². The predicted octanol–water partition coefficient (Wildman–Crippen LogP) is -0.288. The Morgan fingerprint density at radius 2 is 2.00 bits per heavy atom. The topological polar surface area (TPSA) is 105 Å². The van der Waals surface area contributed by atoms with Gasteiger partial charge in [-0.2, -0.15) is 0 Å². The summed E-state index contributed by atoms with van der Waals surface area (Å²) < 4.78 is 4.37.